The zero-order valence-corrected chi connectivity index (χ0v) is 18.1. The molecule has 0 unspecified atom stereocenters. The number of thiazole rings is 1. The SMILES string of the molecule is COc1cc(OC)cc(C(=O)N2CCN(c3nc4c(C)ccc(Cl)c4s3)CC2)c1. The predicted molar refractivity (Wildman–Crippen MR) is 117 cm³/mol. The van der Waals surface area contributed by atoms with Crippen molar-refractivity contribution < 1.29 is 14.3 Å². The highest BCUT2D eigenvalue weighted by atomic mass is 35.5. The number of fused-ring (bicyclic) bond motifs is 1. The Balaban J connectivity index is 1.49. The number of halogens is 1. The highest BCUT2D eigenvalue weighted by molar-refractivity contribution is 7.22. The Kier molecular flexibility index (Phi) is 5.52. The lowest BCUT2D eigenvalue weighted by molar-refractivity contribution is 0.0746. The number of carbonyl (C=O) groups excluding carboxylic acids is 1. The molecule has 4 rings (SSSR count). The molecule has 29 heavy (non-hydrogen) atoms. The lowest BCUT2D eigenvalue weighted by Crippen LogP contribution is -2.48. The standard InChI is InChI=1S/C21H22ClN3O3S/c1-13-4-5-17(22)19-18(13)23-21(29-19)25-8-6-24(7-9-25)20(26)14-10-15(27-2)12-16(11-14)28-3/h4-5,10-12H,6-9H2,1-3H3. The monoisotopic (exact) mass is 431 g/mol. The van der Waals surface area contributed by atoms with Crippen LogP contribution in [0.15, 0.2) is 30.3 Å². The number of nitrogens with zero attached hydrogens (tertiary/aromatic N) is 3. The molecule has 2 aromatic carbocycles. The van der Waals surface area contributed by atoms with Crippen molar-refractivity contribution in [3.8, 4) is 11.5 Å². The van der Waals surface area contributed by atoms with Crippen molar-refractivity contribution in [3.05, 3.63) is 46.5 Å². The summed E-state index contributed by atoms with van der Waals surface area (Å²) in [7, 11) is 3.15. The van der Waals surface area contributed by atoms with Crippen LogP contribution in [-0.4, -0.2) is 56.2 Å². The lowest BCUT2D eigenvalue weighted by atomic mass is 10.1. The Morgan fingerprint density at radius 1 is 1.07 bits per heavy atom. The molecule has 1 saturated heterocycles. The topological polar surface area (TPSA) is 54.9 Å². The zero-order chi connectivity index (χ0) is 20.5. The molecule has 2 heterocycles. The molecule has 1 aromatic heterocycles. The summed E-state index contributed by atoms with van der Waals surface area (Å²) < 4.78 is 11.6. The molecule has 0 atom stereocenters. The largest absolute Gasteiger partial charge is 0.497 e. The van der Waals surface area contributed by atoms with Crippen molar-refractivity contribution in [3.63, 3.8) is 0 Å². The van der Waals surface area contributed by atoms with Gasteiger partial charge in [0.2, 0.25) is 0 Å². The Morgan fingerprint density at radius 2 is 1.72 bits per heavy atom. The molecule has 0 spiro atoms. The maximum absolute atomic E-state index is 13.0. The first-order chi connectivity index (χ1) is 14.0. The van der Waals surface area contributed by atoms with E-state index in [0.717, 1.165) is 39.0 Å². The first-order valence-electron chi connectivity index (χ1n) is 9.33. The molecule has 1 aliphatic rings. The van der Waals surface area contributed by atoms with E-state index in [9.17, 15) is 4.79 Å². The molecule has 8 heteroatoms. The van der Waals surface area contributed by atoms with Gasteiger partial charge in [-0.2, -0.15) is 0 Å². The van der Waals surface area contributed by atoms with Crippen molar-refractivity contribution >= 4 is 44.2 Å². The summed E-state index contributed by atoms with van der Waals surface area (Å²) in [5, 5.41) is 1.68. The number of piperazine rings is 1. The number of anilines is 1. The third kappa shape index (κ3) is 3.84. The van der Waals surface area contributed by atoms with Gasteiger partial charge >= 0.3 is 0 Å². The molecular formula is C21H22ClN3O3S. The first-order valence-corrected chi connectivity index (χ1v) is 10.5. The van der Waals surface area contributed by atoms with E-state index in [1.807, 2.05) is 24.0 Å². The van der Waals surface area contributed by atoms with E-state index in [4.69, 9.17) is 26.1 Å². The summed E-state index contributed by atoms with van der Waals surface area (Å²) >= 11 is 7.95. The maximum atomic E-state index is 13.0. The van der Waals surface area contributed by atoms with Crippen LogP contribution in [-0.2, 0) is 0 Å². The fourth-order valence-corrected chi connectivity index (χ4v) is 4.81. The number of methoxy groups -OCH3 is 2. The second-order valence-electron chi connectivity index (χ2n) is 6.92. The van der Waals surface area contributed by atoms with Crippen LogP contribution in [0.4, 0.5) is 5.13 Å². The first kappa shape index (κ1) is 19.8. The van der Waals surface area contributed by atoms with E-state index >= 15 is 0 Å². The fraction of sp³-hybridized carbons (Fsp3) is 0.333. The predicted octanol–water partition coefficient (Wildman–Crippen LogP) is 4.24. The van der Waals surface area contributed by atoms with Gasteiger partial charge in [0.25, 0.3) is 5.91 Å². The van der Waals surface area contributed by atoms with Gasteiger partial charge in [-0.25, -0.2) is 4.98 Å². The Hall–Kier alpha value is -2.51. The van der Waals surface area contributed by atoms with E-state index in [-0.39, 0.29) is 5.91 Å². The van der Waals surface area contributed by atoms with Crippen LogP contribution >= 0.6 is 22.9 Å². The Labute approximate surface area is 178 Å². The van der Waals surface area contributed by atoms with Crippen molar-refractivity contribution in [2.45, 2.75) is 6.92 Å². The number of aromatic nitrogens is 1. The van der Waals surface area contributed by atoms with Gasteiger partial charge in [-0.1, -0.05) is 29.0 Å². The van der Waals surface area contributed by atoms with Gasteiger partial charge in [0.05, 0.1) is 29.5 Å². The number of rotatable bonds is 4. The average molecular weight is 432 g/mol. The number of hydrogen-bond acceptors (Lipinski definition) is 6. The van der Waals surface area contributed by atoms with Crippen LogP contribution in [0.5, 0.6) is 11.5 Å². The molecule has 1 amide bonds. The molecule has 0 saturated carbocycles. The zero-order valence-electron chi connectivity index (χ0n) is 16.6. The third-order valence-electron chi connectivity index (χ3n) is 5.12. The van der Waals surface area contributed by atoms with Crippen LogP contribution in [0.2, 0.25) is 5.02 Å². The minimum Gasteiger partial charge on any atom is -0.497 e. The van der Waals surface area contributed by atoms with Gasteiger partial charge in [0, 0.05) is 37.8 Å². The molecular weight excluding hydrogens is 410 g/mol. The second kappa shape index (κ2) is 8.08. The van der Waals surface area contributed by atoms with Gasteiger partial charge in [0.15, 0.2) is 5.13 Å². The number of amides is 1. The smallest absolute Gasteiger partial charge is 0.254 e. The summed E-state index contributed by atoms with van der Waals surface area (Å²) in [5.74, 6) is 1.19. The number of ether oxygens (including phenoxy) is 2. The van der Waals surface area contributed by atoms with Crippen molar-refractivity contribution in [2.24, 2.45) is 0 Å². The van der Waals surface area contributed by atoms with Gasteiger partial charge in [-0.05, 0) is 30.7 Å². The van der Waals surface area contributed by atoms with Crippen LogP contribution in [0.1, 0.15) is 15.9 Å². The average Bonchev–Trinajstić information content (AvgIpc) is 3.22. The summed E-state index contributed by atoms with van der Waals surface area (Å²) in [4.78, 5) is 21.8. The summed E-state index contributed by atoms with van der Waals surface area (Å²) in [6.07, 6.45) is 0. The summed E-state index contributed by atoms with van der Waals surface area (Å²) in [5.41, 5.74) is 2.64. The molecule has 1 aliphatic heterocycles. The minimum atomic E-state index is -0.0231. The number of hydrogen-bond donors (Lipinski definition) is 0. The number of aryl methyl sites for hydroxylation is 1. The molecule has 3 aromatic rings. The Bertz CT molecular complexity index is 1000. The van der Waals surface area contributed by atoms with Crippen molar-refractivity contribution in [2.75, 3.05) is 45.3 Å². The van der Waals surface area contributed by atoms with E-state index in [0.29, 0.717) is 30.2 Å². The molecule has 1 fully saturated rings. The highest BCUT2D eigenvalue weighted by Gasteiger charge is 2.25. The van der Waals surface area contributed by atoms with Crippen LogP contribution in [0.25, 0.3) is 10.2 Å². The summed E-state index contributed by atoms with van der Waals surface area (Å²) in [6.45, 7) is 4.75. The normalized spacial score (nSPS) is 14.3. The number of carbonyl (C=O) groups is 1. The molecule has 6 nitrogen and oxygen atoms in total. The molecule has 0 aliphatic carbocycles. The van der Waals surface area contributed by atoms with Crippen LogP contribution < -0.4 is 14.4 Å². The van der Waals surface area contributed by atoms with Gasteiger partial charge in [-0.3, -0.25) is 4.79 Å². The minimum absolute atomic E-state index is 0.0231. The fourth-order valence-electron chi connectivity index (χ4n) is 3.44. The summed E-state index contributed by atoms with van der Waals surface area (Å²) in [6, 6.07) is 9.16. The maximum Gasteiger partial charge on any atom is 0.254 e. The lowest BCUT2D eigenvalue weighted by Gasteiger charge is -2.34. The van der Waals surface area contributed by atoms with Gasteiger partial charge in [0.1, 0.15) is 11.5 Å². The Morgan fingerprint density at radius 3 is 2.31 bits per heavy atom. The molecule has 152 valence electrons. The molecule has 0 radical (unpaired) electrons. The number of benzene rings is 2. The van der Waals surface area contributed by atoms with E-state index in [2.05, 4.69) is 4.90 Å². The van der Waals surface area contributed by atoms with Crippen LogP contribution in [0.3, 0.4) is 0 Å². The molecule has 0 bridgehead atoms. The van der Waals surface area contributed by atoms with E-state index in [1.54, 1.807) is 43.8 Å². The van der Waals surface area contributed by atoms with Crippen LogP contribution in [0, 0.1) is 6.92 Å². The van der Waals surface area contributed by atoms with Crippen molar-refractivity contribution in [1.29, 1.82) is 0 Å². The van der Waals surface area contributed by atoms with Gasteiger partial charge in [-0.15, -0.1) is 0 Å². The van der Waals surface area contributed by atoms with Gasteiger partial charge < -0.3 is 19.3 Å². The van der Waals surface area contributed by atoms with E-state index in [1.165, 1.54) is 0 Å². The molecule has 0 N–H and O–H groups in total. The van der Waals surface area contributed by atoms with E-state index < -0.39 is 0 Å². The third-order valence-corrected chi connectivity index (χ3v) is 6.70. The van der Waals surface area contributed by atoms with Crippen molar-refractivity contribution in [1.82, 2.24) is 9.88 Å². The highest BCUT2D eigenvalue weighted by Crippen LogP contribution is 2.36. The quantitative estimate of drug-likeness (QED) is 0.618. The second-order valence-corrected chi connectivity index (χ2v) is 8.30.